The van der Waals surface area contributed by atoms with E-state index in [1.807, 2.05) is 90.1 Å². The Morgan fingerprint density at radius 3 is 1.54 bits per heavy atom. The van der Waals surface area contributed by atoms with Crippen molar-refractivity contribution in [3.8, 4) is 0 Å². The molecule has 0 saturated heterocycles. The number of hydrogen-bond acceptors (Lipinski definition) is 5. The summed E-state index contributed by atoms with van der Waals surface area (Å²) in [6, 6.07) is 47.3. The average molecular weight is 952 g/mol. The molecule has 72 heavy (non-hydrogen) atoms. The summed E-state index contributed by atoms with van der Waals surface area (Å²) in [5.41, 5.74) is 11.2. The lowest BCUT2D eigenvalue weighted by molar-refractivity contribution is -0.124. The van der Waals surface area contributed by atoms with Crippen molar-refractivity contribution in [2.24, 2.45) is 10.8 Å². The summed E-state index contributed by atoms with van der Waals surface area (Å²) in [6.45, 7) is 19.8. The Labute approximate surface area is 423 Å². The predicted octanol–water partition coefficient (Wildman–Crippen LogP) is 13.8. The number of nitrogens with one attached hydrogen (secondary N) is 2. The molecule has 9 rings (SSSR count). The Kier molecular flexibility index (Phi) is 13.1. The van der Waals surface area contributed by atoms with E-state index >= 15 is 0 Å². The zero-order valence-corrected chi connectivity index (χ0v) is 43.0. The number of amides is 2. The molecule has 0 heterocycles. The van der Waals surface area contributed by atoms with Crippen LogP contribution in [-0.4, -0.2) is 28.4 Å². The predicted molar refractivity (Wildman–Crippen MR) is 299 cm³/mol. The van der Waals surface area contributed by atoms with Crippen LogP contribution in [0.3, 0.4) is 0 Å². The SMILES string of the molecule is CCC(C)(C)C(=O)Nc1cc2cc(N(c3ccc(C)cc3)c3ccc(C)cc3)ccc2cc1C1=C(O)/C(=c2/cc3c(cc2NC(=O)C(C)(C)CC)=CC(=[N+](c2ccc(C)cc2)c2ccc(C)cc2)C=C3)C1=O. The molecule has 0 fully saturated rings. The van der Waals surface area contributed by atoms with Gasteiger partial charge in [0.1, 0.15) is 5.76 Å². The lowest BCUT2D eigenvalue weighted by atomic mass is 9.80. The molecule has 0 aromatic heterocycles. The van der Waals surface area contributed by atoms with Gasteiger partial charge in [0.2, 0.25) is 34.7 Å². The molecular weight excluding hydrogens is 889 g/mol. The minimum atomic E-state index is -0.722. The van der Waals surface area contributed by atoms with Crippen molar-refractivity contribution >= 4 is 97.2 Å². The number of benzene rings is 7. The number of aliphatic hydroxyl groups excluding tert-OH is 1. The molecule has 7 aromatic carbocycles. The topological polar surface area (TPSA) is 102 Å². The van der Waals surface area contributed by atoms with Crippen LogP contribution in [0.15, 0.2) is 151 Å². The second-order valence-electron chi connectivity index (χ2n) is 20.7. The van der Waals surface area contributed by atoms with E-state index in [0.717, 1.165) is 78.0 Å². The van der Waals surface area contributed by atoms with Gasteiger partial charge in [-0.15, -0.1) is 0 Å². The summed E-state index contributed by atoms with van der Waals surface area (Å²) in [6.07, 6.45) is 7.31. The fraction of sp³-hybridized carbons (Fsp3) is 0.219. The molecule has 7 aromatic rings. The third-order valence-corrected chi connectivity index (χ3v) is 14.6. The van der Waals surface area contributed by atoms with Crippen molar-refractivity contribution in [3.05, 3.63) is 195 Å². The summed E-state index contributed by atoms with van der Waals surface area (Å²) in [7, 11) is 0. The summed E-state index contributed by atoms with van der Waals surface area (Å²) in [5.74, 6) is -1.03. The maximum absolute atomic E-state index is 14.9. The van der Waals surface area contributed by atoms with Gasteiger partial charge in [0.15, 0.2) is 0 Å². The van der Waals surface area contributed by atoms with Gasteiger partial charge >= 0.3 is 0 Å². The van der Waals surface area contributed by atoms with Crippen LogP contribution in [0.2, 0.25) is 0 Å². The normalized spacial score (nSPS) is 14.1. The third-order valence-electron chi connectivity index (χ3n) is 14.6. The van der Waals surface area contributed by atoms with Crippen molar-refractivity contribution in [2.45, 2.75) is 82.1 Å². The van der Waals surface area contributed by atoms with E-state index in [1.165, 1.54) is 0 Å². The van der Waals surface area contributed by atoms with E-state index in [2.05, 4.69) is 157 Å². The third kappa shape index (κ3) is 9.45. The highest BCUT2D eigenvalue weighted by atomic mass is 16.3. The van der Waals surface area contributed by atoms with E-state index in [4.69, 9.17) is 0 Å². The van der Waals surface area contributed by atoms with E-state index in [1.54, 1.807) is 0 Å². The highest BCUT2D eigenvalue weighted by molar-refractivity contribution is 6.52. The van der Waals surface area contributed by atoms with Crippen LogP contribution in [0.5, 0.6) is 0 Å². The first-order valence-corrected chi connectivity index (χ1v) is 24.9. The van der Waals surface area contributed by atoms with Crippen molar-refractivity contribution < 1.29 is 19.5 Å². The minimum Gasteiger partial charge on any atom is -0.506 e. The molecule has 2 aliphatic carbocycles. The molecule has 0 spiro atoms. The van der Waals surface area contributed by atoms with Crippen molar-refractivity contribution in [1.29, 1.82) is 0 Å². The number of Topliss-reactive ketones (excluding diaryl/α,β-unsaturated/α-hetero) is 1. The molecule has 8 nitrogen and oxygen atoms in total. The number of aliphatic hydroxyl groups is 1. The fourth-order valence-corrected chi connectivity index (χ4v) is 8.95. The summed E-state index contributed by atoms with van der Waals surface area (Å²) in [5, 5.41) is 21.6. The highest BCUT2D eigenvalue weighted by Gasteiger charge is 2.39. The van der Waals surface area contributed by atoms with Crippen LogP contribution in [0.4, 0.5) is 39.8 Å². The van der Waals surface area contributed by atoms with E-state index in [-0.39, 0.29) is 28.7 Å². The maximum Gasteiger partial charge on any atom is 0.230 e. The molecule has 0 unspecified atom stereocenters. The largest absolute Gasteiger partial charge is 0.506 e. The second kappa shape index (κ2) is 19.2. The van der Waals surface area contributed by atoms with Crippen LogP contribution in [0.1, 0.15) is 87.8 Å². The number of carbonyl (C=O) groups is 3. The monoisotopic (exact) mass is 951 g/mol. The zero-order chi connectivity index (χ0) is 51.2. The van der Waals surface area contributed by atoms with Crippen molar-refractivity contribution in [2.75, 3.05) is 15.5 Å². The van der Waals surface area contributed by atoms with E-state index in [0.29, 0.717) is 35.0 Å². The number of rotatable bonds is 12. The Morgan fingerprint density at radius 1 is 0.556 bits per heavy atom. The highest BCUT2D eigenvalue weighted by Crippen LogP contribution is 2.44. The van der Waals surface area contributed by atoms with Crippen molar-refractivity contribution in [3.63, 3.8) is 0 Å². The molecule has 0 aliphatic heterocycles. The molecule has 0 atom stereocenters. The number of fused-ring (bicyclic) bond motifs is 2. The fourth-order valence-electron chi connectivity index (χ4n) is 8.95. The zero-order valence-electron chi connectivity index (χ0n) is 43.0. The molecule has 0 radical (unpaired) electrons. The molecule has 0 bridgehead atoms. The first-order valence-electron chi connectivity index (χ1n) is 24.9. The first kappa shape index (κ1) is 48.9. The quantitative estimate of drug-likeness (QED) is 0.106. The van der Waals surface area contributed by atoms with Gasteiger partial charge in [0.25, 0.3) is 0 Å². The van der Waals surface area contributed by atoms with Crippen LogP contribution >= 0.6 is 0 Å². The lowest BCUT2D eigenvalue weighted by Crippen LogP contribution is -2.36. The smallest absolute Gasteiger partial charge is 0.230 e. The number of aryl methyl sites for hydroxylation is 4. The Bertz CT molecular complexity index is 3470. The van der Waals surface area contributed by atoms with Gasteiger partial charge in [-0.3, -0.25) is 14.4 Å². The van der Waals surface area contributed by atoms with Crippen molar-refractivity contribution in [1.82, 2.24) is 4.58 Å². The molecule has 362 valence electrons. The van der Waals surface area contributed by atoms with Gasteiger partial charge in [-0.05, 0) is 129 Å². The summed E-state index contributed by atoms with van der Waals surface area (Å²) in [4.78, 5) is 45.2. The van der Waals surface area contributed by atoms with Gasteiger partial charge in [-0.1, -0.05) is 118 Å². The van der Waals surface area contributed by atoms with E-state index in [9.17, 15) is 19.5 Å². The maximum atomic E-state index is 14.9. The van der Waals surface area contributed by atoms with Gasteiger partial charge in [0.05, 0.1) is 11.1 Å². The van der Waals surface area contributed by atoms with Gasteiger partial charge in [-0.2, -0.15) is 4.58 Å². The summed E-state index contributed by atoms with van der Waals surface area (Å²) >= 11 is 0. The average Bonchev–Trinajstić information content (AvgIpc) is 3.36. The molecule has 3 N–H and O–H groups in total. The number of nitrogens with zero attached hydrogens (tertiary/aromatic N) is 2. The molecular formula is C64H63N4O4+. The number of anilines is 5. The number of allylic oxidation sites excluding steroid dienone is 3. The standard InChI is InChI=1S/C64H62N4O4/c1-11-63(7,8)61(71)65-55-37-45-33-51(67(47-23-13-39(3)14-24-47)48-25-15-40(4)16-26-48)31-21-43(45)35-53(55)57-59(69)58(60(57)70)54-36-44-22-32-52(34-46(44)38-56(54)66-62(72)64(9,10)12-2)68(49-27-17-41(5)18-28-49)50-29-19-42(6)20-30-50/h13-38H,11-12H2,1-10H3,(H2,65,66,69,70,71,72)/p+1. The summed E-state index contributed by atoms with van der Waals surface area (Å²) < 4.78 is 2.20. The van der Waals surface area contributed by atoms with Gasteiger partial charge in [-0.25, -0.2) is 0 Å². The molecule has 2 aliphatic rings. The van der Waals surface area contributed by atoms with Crippen LogP contribution < -0.4 is 30.5 Å². The van der Waals surface area contributed by atoms with Crippen LogP contribution in [-0.2, 0) is 14.4 Å². The number of ketones is 1. The van der Waals surface area contributed by atoms with E-state index < -0.39 is 16.6 Å². The lowest BCUT2D eigenvalue weighted by Gasteiger charge is -2.28. The number of carbonyl (C=O) groups excluding carboxylic acids is 3. The Balaban J connectivity index is 1.22. The molecule has 0 saturated carbocycles. The first-order chi connectivity index (χ1) is 34.3. The Morgan fingerprint density at radius 2 is 1.04 bits per heavy atom. The van der Waals surface area contributed by atoms with Gasteiger partial charge in [0, 0.05) is 86.5 Å². The Hall–Kier alpha value is -8.10. The number of hydrogen-bond donors (Lipinski definition) is 3. The van der Waals surface area contributed by atoms with Crippen LogP contribution in [0, 0.1) is 38.5 Å². The second-order valence-corrected chi connectivity index (χ2v) is 20.7. The minimum absolute atomic E-state index is 0.0926. The molecule has 8 heteroatoms. The van der Waals surface area contributed by atoms with Crippen LogP contribution in [0.25, 0.3) is 34.1 Å². The van der Waals surface area contributed by atoms with Gasteiger partial charge < -0.3 is 20.6 Å². The molecule has 2 amide bonds.